The molecule has 1 aliphatic rings. The molecule has 25 heavy (non-hydrogen) atoms. The van der Waals surface area contributed by atoms with Gasteiger partial charge in [-0.05, 0) is 25.5 Å². The van der Waals surface area contributed by atoms with Crippen LogP contribution in [0, 0.1) is 0 Å². The molecule has 2 atom stereocenters. The van der Waals surface area contributed by atoms with Gasteiger partial charge in [-0.25, -0.2) is 8.42 Å². The maximum Gasteiger partial charge on any atom is 0.235 e. The lowest BCUT2D eigenvalue weighted by Crippen LogP contribution is -2.41. The van der Waals surface area contributed by atoms with Crippen molar-refractivity contribution in [2.45, 2.75) is 29.8 Å². The number of sulfone groups is 1. The summed E-state index contributed by atoms with van der Waals surface area (Å²) in [7, 11) is 0.448. The summed E-state index contributed by atoms with van der Waals surface area (Å²) in [6, 6.07) is 3.31. The van der Waals surface area contributed by atoms with Crippen molar-refractivity contribution in [1.82, 2.24) is 19.7 Å². The Morgan fingerprint density at radius 3 is 2.84 bits per heavy atom. The van der Waals surface area contributed by atoms with Gasteiger partial charge >= 0.3 is 0 Å². The van der Waals surface area contributed by atoms with E-state index < -0.39 is 15.1 Å². The van der Waals surface area contributed by atoms with E-state index >= 15 is 0 Å². The third-order valence-corrected chi connectivity index (χ3v) is 7.18. The molecule has 0 N–H and O–H groups in total. The quantitative estimate of drug-likeness (QED) is 0.714. The van der Waals surface area contributed by atoms with E-state index in [1.54, 1.807) is 41.8 Å². The van der Waals surface area contributed by atoms with Crippen LogP contribution in [-0.4, -0.2) is 63.8 Å². The SMILES string of the molecule is C[C@@H](Sc1nnc(-c2ccco2)n1C)C(=O)N(C)[C@H]1CCS(=O)(=O)C1. The molecule has 0 aliphatic carbocycles. The molecule has 0 unspecified atom stereocenters. The van der Waals surface area contributed by atoms with Gasteiger partial charge in [0.1, 0.15) is 0 Å². The summed E-state index contributed by atoms with van der Waals surface area (Å²) in [5.41, 5.74) is 0. The highest BCUT2D eigenvalue weighted by Gasteiger charge is 2.34. The van der Waals surface area contributed by atoms with Crippen LogP contribution in [0.1, 0.15) is 13.3 Å². The zero-order valence-corrected chi connectivity index (χ0v) is 15.9. The Labute approximate surface area is 150 Å². The van der Waals surface area contributed by atoms with Gasteiger partial charge in [0.05, 0.1) is 23.0 Å². The van der Waals surface area contributed by atoms with E-state index in [-0.39, 0.29) is 23.5 Å². The highest BCUT2D eigenvalue weighted by atomic mass is 32.2. The molecule has 8 nitrogen and oxygen atoms in total. The summed E-state index contributed by atoms with van der Waals surface area (Å²) in [5.74, 6) is 1.26. The lowest BCUT2D eigenvalue weighted by Gasteiger charge is -2.26. The van der Waals surface area contributed by atoms with E-state index in [4.69, 9.17) is 4.42 Å². The largest absolute Gasteiger partial charge is 0.461 e. The molecule has 1 fully saturated rings. The van der Waals surface area contributed by atoms with Crippen LogP contribution in [0.25, 0.3) is 11.6 Å². The number of carbonyl (C=O) groups excluding carboxylic acids is 1. The number of rotatable bonds is 5. The lowest BCUT2D eigenvalue weighted by atomic mass is 10.2. The third kappa shape index (κ3) is 3.74. The molecular formula is C15H20N4O4S2. The number of amides is 1. The average molecular weight is 384 g/mol. The van der Waals surface area contributed by atoms with E-state index in [2.05, 4.69) is 10.2 Å². The van der Waals surface area contributed by atoms with Gasteiger partial charge in [-0.15, -0.1) is 10.2 Å². The number of furan rings is 1. The standard InChI is InChI=1S/C15H20N4O4S2/c1-10(14(20)18(2)11-6-8-25(21,22)9-11)24-15-17-16-13(19(15)3)12-5-4-7-23-12/h4-5,7,10-11H,6,8-9H2,1-3H3/t10-,11+/m1/s1. The van der Waals surface area contributed by atoms with Crippen molar-refractivity contribution in [3.05, 3.63) is 18.4 Å². The highest BCUT2D eigenvalue weighted by molar-refractivity contribution is 8.00. The van der Waals surface area contributed by atoms with Crippen LogP contribution in [0.5, 0.6) is 0 Å². The molecule has 1 saturated heterocycles. The smallest absolute Gasteiger partial charge is 0.235 e. The monoisotopic (exact) mass is 384 g/mol. The van der Waals surface area contributed by atoms with E-state index in [1.807, 2.05) is 7.05 Å². The van der Waals surface area contributed by atoms with E-state index in [1.165, 1.54) is 11.8 Å². The molecule has 0 aromatic carbocycles. The Morgan fingerprint density at radius 2 is 2.24 bits per heavy atom. The number of hydrogen-bond donors (Lipinski definition) is 0. The van der Waals surface area contributed by atoms with Gasteiger partial charge < -0.3 is 13.9 Å². The van der Waals surface area contributed by atoms with Gasteiger partial charge in [0, 0.05) is 20.1 Å². The summed E-state index contributed by atoms with van der Waals surface area (Å²) in [6.45, 7) is 1.79. The molecule has 0 spiro atoms. The first-order chi connectivity index (χ1) is 11.8. The minimum Gasteiger partial charge on any atom is -0.461 e. The fraction of sp³-hybridized carbons (Fsp3) is 0.533. The van der Waals surface area contributed by atoms with Crippen molar-refractivity contribution in [2.75, 3.05) is 18.6 Å². The Kier molecular flexibility index (Phi) is 4.92. The highest BCUT2D eigenvalue weighted by Crippen LogP contribution is 2.27. The van der Waals surface area contributed by atoms with Crippen LogP contribution in [0.2, 0.25) is 0 Å². The van der Waals surface area contributed by atoms with Crippen LogP contribution in [0.4, 0.5) is 0 Å². The van der Waals surface area contributed by atoms with Crippen molar-refractivity contribution >= 4 is 27.5 Å². The van der Waals surface area contributed by atoms with Crippen molar-refractivity contribution < 1.29 is 17.6 Å². The van der Waals surface area contributed by atoms with Crippen LogP contribution in [-0.2, 0) is 21.7 Å². The Bertz CT molecular complexity index is 860. The van der Waals surface area contributed by atoms with Gasteiger partial charge in [0.2, 0.25) is 5.91 Å². The van der Waals surface area contributed by atoms with Gasteiger partial charge in [-0.1, -0.05) is 11.8 Å². The van der Waals surface area contributed by atoms with Crippen LogP contribution in [0.3, 0.4) is 0 Å². The predicted octanol–water partition coefficient (Wildman–Crippen LogP) is 1.20. The summed E-state index contributed by atoms with van der Waals surface area (Å²) >= 11 is 1.29. The summed E-state index contributed by atoms with van der Waals surface area (Å²) in [6.07, 6.45) is 2.06. The zero-order chi connectivity index (χ0) is 18.2. The molecule has 1 aliphatic heterocycles. The molecule has 2 aromatic rings. The minimum absolute atomic E-state index is 0.0409. The number of hydrogen-bond acceptors (Lipinski definition) is 7. The van der Waals surface area contributed by atoms with Crippen LogP contribution >= 0.6 is 11.8 Å². The van der Waals surface area contributed by atoms with Crippen molar-refractivity contribution in [2.24, 2.45) is 7.05 Å². The fourth-order valence-electron chi connectivity index (χ4n) is 2.79. The van der Waals surface area contributed by atoms with Crippen molar-refractivity contribution in [3.63, 3.8) is 0 Å². The Hall–Kier alpha value is -1.81. The predicted molar refractivity (Wildman–Crippen MR) is 93.9 cm³/mol. The fourth-order valence-corrected chi connectivity index (χ4v) is 5.48. The molecule has 3 heterocycles. The normalized spacial score (nSPS) is 20.5. The van der Waals surface area contributed by atoms with Crippen LogP contribution < -0.4 is 0 Å². The number of nitrogens with zero attached hydrogens (tertiary/aromatic N) is 4. The van der Waals surface area contributed by atoms with Crippen LogP contribution in [0.15, 0.2) is 28.0 Å². The van der Waals surface area contributed by atoms with Gasteiger partial charge in [0.15, 0.2) is 26.6 Å². The second-order valence-corrected chi connectivity index (χ2v) is 9.65. The van der Waals surface area contributed by atoms with Crippen molar-refractivity contribution in [3.8, 4) is 11.6 Å². The summed E-state index contributed by atoms with van der Waals surface area (Å²) in [5, 5.41) is 8.42. The molecule has 0 bridgehead atoms. The Morgan fingerprint density at radius 1 is 1.48 bits per heavy atom. The molecule has 2 aromatic heterocycles. The van der Waals surface area contributed by atoms with Gasteiger partial charge in [0.25, 0.3) is 0 Å². The molecular weight excluding hydrogens is 364 g/mol. The number of carbonyl (C=O) groups is 1. The topological polar surface area (TPSA) is 98.3 Å². The summed E-state index contributed by atoms with van der Waals surface area (Å²) in [4.78, 5) is 14.2. The maximum atomic E-state index is 12.6. The third-order valence-electron chi connectivity index (χ3n) is 4.31. The molecule has 0 radical (unpaired) electrons. The second kappa shape index (κ2) is 6.83. The average Bonchev–Trinajstić information content (AvgIpc) is 3.27. The van der Waals surface area contributed by atoms with E-state index in [0.717, 1.165) is 0 Å². The first kappa shape index (κ1) is 18.0. The lowest BCUT2D eigenvalue weighted by molar-refractivity contribution is -0.130. The van der Waals surface area contributed by atoms with Gasteiger partial charge in [-0.2, -0.15) is 0 Å². The van der Waals surface area contributed by atoms with E-state index in [9.17, 15) is 13.2 Å². The second-order valence-electron chi connectivity index (χ2n) is 6.11. The molecule has 1 amide bonds. The maximum absolute atomic E-state index is 12.6. The molecule has 0 saturated carbocycles. The number of aromatic nitrogens is 3. The van der Waals surface area contributed by atoms with E-state index in [0.29, 0.717) is 23.2 Å². The molecule has 136 valence electrons. The summed E-state index contributed by atoms with van der Waals surface area (Å²) < 4.78 is 30.3. The zero-order valence-electron chi connectivity index (χ0n) is 14.2. The first-order valence-electron chi connectivity index (χ1n) is 7.85. The minimum atomic E-state index is -3.02. The Balaban J connectivity index is 1.68. The molecule has 10 heteroatoms. The number of thioether (sulfide) groups is 1. The first-order valence-corrected chi connectivity index (χ1v) is 10.6. The molecule has 3 rings (SSSR count). The van der Waals surface area contributed by atoms with Crippen molar-refractivity contribution in [1.29, 1.82) is 0 Å². The van der Waals surface area contributed by atoms with Gasteiger partial charge in [-0.3, -0.25) is 4.79 Å².